The summed E-state index contributed by atoms with van der Waals surface area (Å²) < 4.78 is 32.6. The molecule has 0 amide bonds. The van der Waals surface area contributed by atoms with Gasteiger partial charge in [-0.1, -0.05) is 90.4 Å². The molecule has 0 saturated carbocycles. The van der Waals surface area contributed by atoms with E-state index in [1.165, 1.54) is 70.6 Å². The molecule has 0 fully saturated rings. The summed E-state index contributed by atoms with van der Waals surface area (Å²) in [5.74, 6) is 0. The molecule has 210 valence electrons. The Bertz CT molecular complexity index is 554. The highest BCUT2D eigenvalue weighted by atomic mass is 31.2. The number of rotatable bonds is 24. The Labute approximate surface area is 215 Å². The summed E-state index contributed by atoms with van der Waals surface area (Å²) >= 11 is 0. The van der Waals surface area contributed by atoms with Crippen LogP contribution in [0.5, 0.6) is 0 Å². The molecule has 0 aliphatic heterocycles. The molecule has 0 rings (SSSR count). The van der Waals surface area contributed by atoms with E-state index in [-0.39, 0.29) is 19.8 Å². The molecule has 2 unspecified atom stereocenters. The molecule has 0 radical (unpaired) electrons. The number of phosphoric acid groups is 1. The van der Waals surface area contributed by atoms with Gasteiger partial charge in [-0.2, -0.15) is 0 Å². The van der Waals surface area contributed by atoms with Crippen molar-refractivity contribution in [3.05, 3.63) is 0 Å². The lowest BCUT2D eigenvalue weighted by Gasteiger charge is -2.28. The van der Waals surface area contributed by atoms with Gasteiger partial charge in [-0.15, -0.1) is 0 Å². The maximum atomic E-state index is 12.0. The van der Waals surface area contributed by atoms with Crippen LogP contribution in [0, 0.1) is 0 Å². The third-order valence-electron chi connectivity index (χ3n) is 5.83. The van der Waals surface area contributed by atoms with Crippen molar-refractivity contribution < 1.29 is 37.3 Å². The van der Waals surface area contributed by atoms with E-state index >= 15 is 0 Å². The van der Waals surface area contributed by atoms with Crippen molar-refractivity contribution in [2.45, 2.75) is 116 Å². The topological polar surface area (TPSA) is 94.1 Å². The number of quaternary nitrogens is 1. The lowest BCUT2D eigenvalue weighted by Crippen LogP contribution is -2.37. The van der Waals surface area contributed by atoms with Crippen LogP contribution in [0.3, 0.4) is 0 Å². The molecule has 0 heterocycles. The van der Waals surface area contributed by atoms with E-state index in [1.807, 2.05) is 21.1 Å². The first-order valence-electron chi connectivity index (χ1n) is 13.8. The van der Waals surface area contributed by atoms with Gasteiger partial charge in [-0.3, -0.25) is 4.57 Å². The predicted molar refractivity (Wildman–Crippen MR) is 139 cm³/mol. The minimum Gasteiger partial charge on any atom is -0.756 e. The highest BCUT2D eigenvalue weighted by Crippen LogP contribution is 2.38. The zero-order chi connectivity index (χ0) is 26.4. The lowest BCUT2D eigenvalue weighted by atomic mass is 10.0. The van der Waals surface area contributed by atoms with Gasteiger partial charge in [0.05, 0.1) is 34.4 Å². The quantitative estimate of drug-likeness (QED) is 0.0608. The lowest BCUT2D eigenvalue weighted by molar-refractivity contribution is -0.870. The van der Waals surface area contributed by atoms with Gasteiger partial charge in [0.2, 0.25) is 0 Å². The van der Waals surface area contributed by atoms with E-state index in [2.05, 4.69) is 6.92 Å². The van der Waals surface area contributed by atoms with Gasteiger partial charge in [0.25, 0.3) is 7.82 Å². The molecule has 0 N–H and O–H groups in total. The summed E-state index contributed by atoms with van der Waals surface area (Å²) in [6.45, 7) is 4.43. The van der Waals surface area contributed by atoms with Crippen LogP contribution in [-0.2, 0) is 23.1 Å². The smallest absolute Gasteiger partial charge is 0.508 e. The Balaban J connectivity index is 4.05. The Hall–Kier alpha value is -0.660. The van der Waals surface area contributed by atoms with Crippen LogP contribution in [0.1, 0.15) is 110 Å². The molecule has 8 nitrogen and oxygen atoms in total. The summed E-state index contributed by atoms with van der Waals surface area (Å²) in [5, 5.41) is 0. The van der Waals surface area contributed by atoms with Crippen molar-refractivity contribution in [3.8, 4) is 0 Å². The number of unbranched alkanes of at least 4 members (excludes halogenated alkanes) is 13. The molecule has 0 saturated heterocycles. The summed E-state index contributed by atoms with van der Waals surface area (Å²) in [6.07, 6.45) is 16.6. The normalized spacial score (nSPS) is 14.5. The second-order valence-electron chi connectivity index (χ2n) is 10.4. The van der Waals surface area contributed by atoms with Gasteiger partial charge in [0, 0.05) is 0 Å². The van der Waals surface area contributed by atoms with Crippen molar-refractivity contribution in [2.24, 2.45) is 0 Å². The summed E-state index contributed by atoms with van der Waals surface area (Å²) in [7, 11) is 1.38. The molecule has 9 heteroatoms. The fraction of sp³-hybridized carbons (Fsp3) is 0.962. The fourth-order valence-corrected chi connectivity index (χ4v) is 4.40. The SMILES string of the molecule is CCCCCCCCCCCCCCCCC(COP(=O)([O-])OCC[N+](C)(C)C)OC(=O)OCC. The van der Waals surface area contributed by atoms with Crippen LogP contribution >= 0.6 is 7.82 Å². The van der Waals surface area contributed by atoms with Crippen molar-refractivity contribution in [1.82, 2.24) is 0 Å². The second-order valence-corrected chi connectivity index (χ2v) is 11.8. The number of likely N-dealkylation sites (N-methyl/N-ethyl adjacent to an activating group) is 1. The minimum absolute atomic E-state index is 0.0344. The highest BCUT2D eigenvalue weighted by molar-refractivity contribution is 7.45. The van der Waals surface area contributed by atoms with Crippen molar-refractivity contribution in [1.29, 1.82) is 0 Å². The second kappa shape index (κ2) is 21.4. The average molecular weight is 524 g/mol. The molecule has 0 aliphatic carbocycles. The number of ether oxygens (including phenoxy) is 2. The van der Waals surface area contributed by atoms with Crippen LogP contribution in [0.2, 0.25) is 0 Å². The number of hydrogen-bond acceptors (Lipinski definition) is 7. The van der Waals surface area contributed by atoms with E-state index in [1.54, 1.807) is 6.92 Å². The first-order valence-corrected chi connectivity index (χ1v) is 15.3. The van der Waals surface area contributed by atoms with E-state index in [4.69, 9.17) is 18.5 Å². The van der Waals surface area contributed by atoms with Crippen molar-refractivity contribution >= 4 is 14.0 Å². The number of phosphoric ester groups is 1. The van der Waals surface area contributed by atoms with Crippen LogP contribution in [0.25, 0.3) is 0 Å². The Kier molecular flexibility index (Phi) is 21.0. The third kappa shape index (κ3) is 24.8. The van der Waals surface area contributed by atoms with Gasteiger partial charge in [0.15, 0.2) is 0 Å². The number of carbonyl (C=O) groups is 1. The maximum Gasteiger partial charge on any atom is 0.508 e. The number of carbonyl (C=O) groups excluding carboxylic acids is 1. The monoisotopic (exact) mass is 523 g/mol. The molecule has 35 heavy (non-hydrogen) atoms. The van der Waals surface area contributed by atoms with Gasteiger partial charge in [-0.25, -0.2) is 4.79 Å². The summed E-state index contributed by atoms with van der Waals surface area (Å²) in [5.41, 5.74) is 0. The standard InChI is InChI=1S/C26H54NO7P/c1-6-8-9-10-11-12-13-14-15-16-17-18-19-20-21-25(34-26(28)31-7-2)24-33-35(29,30)32-23-22-27(3,4)5/h25H,6-24H2,1-5H3. The zero-order valence-electron chi connectivity index (χ0n) is 23.3. The van der Waals surface area contributed by atoms with Gasteiger partial charge < -0.3 is 27.9 Å². The summed E-state index contributed by atoms with van der Waals surface area (Å²) in [6, 6.07) is 0. The van der Waals surface area contributed by atoms with E-state index in [0.717, 1.165) is 19.3 Å². The molecule has 0 aromatic rings. The third-order valence-corrected chi connectivity index (χ3v) is 6.80. The maximum absolute atomic E-state index is 12.0. The number of nitrogens with zero attached hydrogens (tertiary/aromatic N) is 1. The zero-order valence-corrected chi connectivity index (χ0v) is 24.2. The van der Waals surface area contributed by atoms with E-state index in [0.29, 0.717) is 17.4 Å². The molecule has 0 aliphatic rings. The Morgan fingerprint density at radius 1 is 0.800 bits per heavy atom. The highest BCUT2D eigenvalue weighted by Gasteiger charge is 2.20. The van der Waals surface area contributed by atoms with Crippen LogP contribution in [0.4, 0.5) is 4.79 Å². The molecular weight excluding hydrogens is 469 g/mol. The molecule has 0 aromatic carbocycles. The molecule has 0 spiro atoms. The summed E-state index contributed by atoms with van der Waals surface area (Å²) in [4.78, 5) is 23.8. The molecular formula is C26H54NO7P. The average Bonchev–Trinajstić information content (AvgIpc) is 2.76. The molecule has 0 bridgehead atoms. The van der Waals surface area contributed by atoms with Crippen LogP contribution in [-0.4, -0.2) is 64.3 Å². The van der Waals surface area contributed by atoms with Crippen molar-refractivity contribution in [2.75, 3.05) is 47.5 Å². The number of hydrogen-bond donors (Lipinski definition) is 0. The first kappa shape index (κ1) is 34.3. The molecule has 0 aromatic heterocycles. The molecule has 2 atom stereocenters. The van der Waals surface area contributed by atoms with Gasteiger partial charge >= 0.3 is 6.16 Å². The van der Waals surface area contributed by atoms with E-state index < -0.39 is 20.1 Å². The predicted octanol–water partition coefficient (Wildman–Crippen LogP) is 6.61. The van der Waals surface area contributed by atoms with Gasteiger partial charge in [-0.05, 0) is 19.8 Å². The fourth-order valence-electron chi connectivity index (χ4n) is 3.67. The van der Waals surface area contributed by atoms with Crippen LogP contribution in [0.15, 0.2) is 0 Å². The van der Waals surface area contributed by atoms with Crippen molar-refractivity contribution in [3.63, 3.8) is 0 Å². The van der Waals surface area contributed by atoms with E-state index in [9.17, 15) is 14.3 Å². The van der Waals surface area contributed by atoms with Gasteiger partial charge in [0.1, 0.15) is 19.3 Å². The first-order chi connectivity index (χ1) is 16.6. The van der Waals surface area contributed by atoms with Crippen LogP contribution < -0.4 is 4.89 Å². The minimum atomic E-state index is -4.46. The Morgan fingerprint density at radius 2 is 1.29 bits per heavy atom. The largest absolute Gasteiger partial charge is 0.756 e. The Morgan fingerprint density at radius 3 is 1.74 bits per heavy atom.